The Morgan fingerprint density at radius 1 is 1.03 bits per heavy atom. The van der Waals surface area contributed by atoms with E-state index in [-0.39, 0.29) is 12.5 Å². The van der Waals surface area contributed by atoms with Gasteiger partial charge in [0.05, 0.1) is 5.56 Å². The molecular weight excluding hydrogens is 386 g/mol. The number of ether oxygens (including phenoxy) is 1. The second kappa shape index (κ2) is 10.4. The normalized spacial score (nSPS) is 14.3. The molecule has 1 amide bonds. The maximum Gasteiger partial charge on any atom is 0.338 e. The summed E-state index contributed by atoms with van der Waals surface area (Å²) in [6, 6.07) is 9.24. The first-order valence-electron chi connectivity index (χ1n) is 10.0. The minimum absolute atomic E-state index is 0.115. The van der Waals surface area contributed by atoms with Crippen molar-refractivity contribution in [2.45, 2.75) is 50.4 Å². The largest absolute Gasteiger partial charge is 0.452 e. The van der Waals surface area contributed by atoms with E-state index in [1.165, 1.54) is 11.8 Å². The van der Waals surface area contributed by atoms with Crippen LogP contribution in [0.5, 0.6) is 0 Å². The maximum atomic E-state index is 12.6. The number of thioether (sulfide) groups is 1. The smallest absolute Gasteiger partial charge is 0.338 e. The lowest BCUT2D eigenvalue weighted by Crippen LogP contribution is -2.35. The number of aryl methyl sites for hydroxylation is 2. The van der Waals surface area contributed by atoms with Gasteiger partial charge >= 0.3 is 5.97 Å². The van der Waals surface area contributed by atoms with Gasteiger partial charge in [-0.25, -0.2) is 14.8 Å². The van der Waals surface area contributed by atoms with Crippen LogP contribution in [0.15, 0.2) is 35.5 Å². The summed E-state index contributed by atoms with van der Waals surface area (Å²) in [7, 11) is 0. The molecule has 0 bridgehead atoms. The Bertz CT molecular complexity index is 844. The third-order valence-corrected chi connectivity index (χ3v) is 5.74. The highest BCUT2D eigenvalue weighted by Crippen LogP contribution is 2.23. The summed E-state index contributed by atoms with van der Waals surface area (Å²) in [6.07, 6.45) is 4.33. The number of hydrogen-bond acceptors (Lipinski definition) is 6. The Labute approximate surface area is 176 Å². The van der Waals surface area contributed by atoms with E-state index in [1.54, 1.807) is 17.0 Å². The van der Waals surface area contributed by atoms with E-state index in [1.807, 2.05) is 32.0 Å². The lowest BCUT2D eigenvalue weighted by Gasteiger charge is -2.20. The molecule has 3 rings (SSSR count). The maximum absolute atomic E-state index is 12.6. The van der Waals surface area contributed by atoms with Gasteiger partial charge < -0.3 is 9.64 Å². The molecule has 0 atom stereocenters. The van der Waals surface area contributed by atoms with Gasteiger partial charge in [-0.15, -0.1) is 0 Å². The third-order valence-electron chi connectivity index (χ3n) is 4.84. The molecule has 1 aromatic carbocycles. The number of aromatic nitrogens is 2. The molecule has 0 N–H and O–H groups in total. The number of esters is 1. The number of hydrogen-bond donors (Lipinski definition) is 0. The van der Waals surface area contributed by atoms with E-state index in [2.05, 4.69) is 9.97 Å². The van der Waals surface area contributed by atoms with Gasteiger partial charge in [0.2, 0.25) is 0 Å². The minimum atomic E-state index is -0.467. The van der Waals surface area contributed by atoms with Crippen LogP contribution in [0, 0.1) is 13.8 Å². The van der Waals surface area contributed by atoms with Crippen molar-refractivity contribution in [1.29, 1.82) is 0 Å². The van der Waals surface area contributed by atoms with Crippen LogP contribution in [0.3, 0.4) is 0 Å². The lowest BCUT2D eigenvalue weighted by molar-refractivity contribution is -0.134. The van der Waals surface area contributed by atoms with E-state index in [4.69, 9.17) is 4.74 Å². The van der Waals surface area contributed by atoms with Crippen molar-refractivity contribution >= 4 is 23.6 Å². The first-order valence-corrected chi connectivity index (χ1v) is 11.0. The summed E-state index contributed by atoms with van der Waals surface area (Å²) in [4.78, 5) is 35.6. The monoisotopic (exact) mass is 413 g/mol. The quantitative estimate of drug-likeness (QED) is 0.406. The van der Waals surface area contributed by atoms with Crippen molar-refractivity contribution < 1.29 is 14.3 Å². The highest BCUT2D eigenvalue weighted by atomic mass is 32.2. The van der Waals surface area contributed by atoms with Crippen molar-refractivity contribution in [2.75, 3.05) is 19.7 Å². The second-order valence-electron chi connectivity index (χ2n) is 7.25. The van der Waals surface area contributed by atoms with Gasteiger partial charge in [-0.05, 0) is 44.4 Å². The average molecular weight is 414 g/mol. The number of carbonyl (C=O) groups excluding carboxylic acids is 2. The highest BCUT2D eigenvalue weighted by Gasteiger charge is 2.19. The molecule has 0 aliphatic carbocycles. The van der Waals surface area contributed by atoms with Crippen LogP contribution in [-0.2, 0) is 15.3 Å². The van der Waals surface area contributed by atoms with Crippen LogP contribution in [0.4, 0.5) is 0 Å². The summed E-state index contributed by atoms with van der Waals surface area (Å²) in [5, 5.41) is 0.682. The number of carbonyl (C=O) groups is 2. The minimum Gasteiger partial charge on any atom is -0.452 e. The van der Waals surface area contributed by atoms with Gasteiger partial charge in [0.15, 0.2) is 11.8 Å². The Morgan fingerprint density at radius 2 is 1.69 bits per heavy atom. The topological polar surface area (TPSA) is 72.4 Å². The van der Waals surface area contributed by atoms with Gasteiger partial charge in [0.1, 0.15) is 0 Å². The number of amides is 1. The standard InChI is InChI=1S/C22H27N3O3S/c1-16-13-17(2)24-22(23-16)29-15-18-9-5-6-10-19(18)21(27)28-14-20(26)25-11-7-3-4-8-12-25/h5-6,9-10,13H,3-4,7-8,11-12,14-15H2,1-2H3. The number of nitrogens with zero attached hydrogens (tertiary/aromatic N) is 3. The summed E-state index contributed by atoms with van der Waals surface area (Å²) in [5.41, 5.74) is 3.15. The molecule has 6 nitrogen and oxygen atoms in total. The molecule has 1 aliphatic heterocycles. The van der Waals surface area contributed by atoms with Crippen molar-refractivity contribution in [3.05, 3.63) is 52.8 Å². The predicted molar refractivity (Wildman–Crippen MR) is 113 cm³/mol. The highest BCUT2D eigenvalue weighted by molar-refractivity contribution is 7.98. The zero-order valence-corrected chi connectivity index (χ0v) is 17.8. The zero-order valence-electron chi connectivity index (χ0n) is 17.0. The predicted octanol–water partition coefficient (Wildman–Crippen LogP) is 3.95. The molecule has 2 aromatic rings. The fourth-order valence-electron chi connectivity index (χ4n) is 3.36. The van der Waals surface area contributed by atoms with Crippen molar-refractivity contribution in [1.82, 2.24) is 14.9 Å². The molecule has 7 heteroatoms. The van der Waals surface area contributed by atoms with Crippen LogP contribution in [-0.4, -0.2) is 46.4 Å². The fraction of sp³-hybridized carbons (Fsp3) is 0.455. The summed E-state index contributed by atoms with van der Waals surface area (Å²) in [5.74, 6) is -0.0321. The molecule has 1 fully saturated rings. The summed E-state index contributed by atoms with van der Waals surface area (Å²) < 4.78 is 5.34. The first kappa shape index (κ1) is 21.3. The number of rotatable bonds is 6. The summed E-state index contributed by atoms with van der Waals surface area (Å²) >= 11 is 1.48. The van der Waals surface area contributed by atoms with E-state index in [9.17, 15) is 9.59 Å². The lowest BCUT2D eigenvalue weighted by atomic mass is 10.1. The van der Waals surface area contributed by atoms with Gasteiger partial charge in [-0.2, -0.15) is 0 Å². The molecule has 0 spiro atoms. The first-order chi connectivity index (χ1) is 14.0. The van der Waals surface area contributed by atoms with E-state index >= 15 is 0 Å². The zero-order chi connectivity index (χ0) is 20.6. The molecule has 1 aliphatic rings. The molecule has 154 valence electrons. The number of likely N-dealkylation sites (tertiary alicyclic amines) is 1. The molecule has 0 unspecified atom stereocenters. The van der Waals surface area contributed by atoms with Crippen LogP contribution < -0.4 is 0 Å². The van der Waals surface area contributed by atoms with E-state index in [0.717, 1.165) is 55.7 Å². The Hall–Kier alpha value is -2.41. The van der Waals surface area contributed by atoms with Crippen molar-refractivity contribution in [3.8, 4) is 0 Å². The van der Waals surface area contributed by atoms with Crippen LogP contribution >= 0.6 is 11.8 Å². The Morgan fingerprint density at radius 3 is 2.38 bits per heavy atom. The molecule has 1 saturated heterocycles. The summed E-state index contributed by atoms with van der Waals surface area (Å²) in [6.45, 7) is 5.16. The van der Waals surface area contributed by atoms with Crippen LogP contribution in [0.1, 0.15) is 53.0 Å². The third kappa shape index (κ3) is 6.29. The molecule has 0 radical (unpaired) electrons. The second-order valence-corrected chi connectivity index (χ2v) is 8.19. The fourth-order valence-corrected chi connectivity index (χ4v) is 4.32. The molecular formula is C22H27N3O3S. The number of benzene rings is 1. The molecule has 0 saturated carbocycles. The van der Waals surface area contributed by atoms with Crippen LogP contribution in [0.25, 0.3) is 0 Å². The van der Waals surface area contributed by atoms with Gasteiger partial charge in [0.25, 0.3) is 5.91 Å². The van der Waals surface area contributed by atoms with Crippen molar-refractivity contribution in [2.24, 2.45) is 0 Å². The Balaban J connectivity index is 1.60. The molecule has 1 aromatic heterocycles. The van der Waals surface area contributed by atoms with Gasteiger partial charge in [-0.1, -0.05) is 42.8 Å². The average Bonchev–Trinajstić information content (AvgIpc) is 2.99. The van der Waals surface area contributed by atoms with E-state index in [0.29, 0.717) is 16.5 Å². The van der Waals surface area contributed by atoms with Gasteiger partial charge in [0, 0.05) is 30.2 Å². The molecule has 2 heterocycles. The van der Waals surface area contributed by atoms with E-state index < -0.39 is 5.97 Å². The van der Waals surface area contributed by atoms with Crippen molar-refractivity contribution in [3.63, 3.8) is 0 Å². The van der Waals surface area contributed by atoms with Crippen LogP contribution in [0.2, 0.25) is 0 Å². The SMILES string of the molecule is Cc1cc(C)nc(SCc2ccccc2C(=O)OCC(=O)N2CCCCCC2)n1. The molecule has 29 heavy (non-hydrogen) atoms. The Kier molecular flexibility index (Phi) is 7.63. The van der Waals surface area contributed by atoms with Gasteiger partial charge in [-0.3, -0.25) is 4.79 Å².